The molecule has 276 valence electrons. The normalized spacial score (nSPS) is 15.2. The largest absolute Gasteiger partial charge is 0.478 e. The topological polar surface area (TPSA) is 259 Å². The summed E-state index contributed by atoms with van der Waals surface area (Å²) in [6, 6.07) is 21.7. The number of carboxylic acids is 1. The molecule has 16 nitrogen and oxygen atoms in total. The van der Waals surface area contributed by atoms with Crippen LogP contribution in [-0.2, 0) is 19.7 Å². The van der Waals surface area contributed by atoms with Crippen LogP contribution < -0.4 is 27.3 Å². The van der Waals surface area contributed by atoms with E-state index in [4.69, 9.17) is 10.8 Å². The molecule has 55 heavy (non-hydrogen) atoms. The first-order chi connectivity index (χ1) is 26.2. The highest BCUT2D eigenvalue weighted by molar-refractivity contribution is 7.91. The van der Waals surface area contributed by atoms with Gasteiger partial charge in [0.15, 0.2) is 11.5 Å². The van der Waals surface area contributed by atoms with E-state index in [0.29, 0.717) is 33.9 Å². The smallest absolute Gasteiger partial charge is 0.339 e. The van der Waals surface area contributed by atoms with Crippen LogP contribution in [0.25, 0.3) is 6.08 Å². The monoisotopic (exact) mass is 759 g/mol. The number of Topliss-reactive ketones (excluding diaryl/α,β-unsaturated/α-hetero) is 1. The van der Waals surface area contributed by atoms with E-state index >= 15 is 0 Å². The lowest BCUT2D eigenvalue weighted by Gasteiger charge is -2.18. The Bertz CT molecular complexity index is 2570. The number of ketones is 2. The number of anilines is 5. The Hall–Kier alpha value is -7.50. The molecule has 17 heteroatoms. The number of nitrogen functional groups attached to an aromatic ring is 1. The van der Waals surface area contributed by atoms with E-state index in [1.165, 1.54) is 48.5 Å². The Balaban J connectivity index is 1.11. The predicted octanol–water partition coefficient (Wildman–Crippen LogP) is 4.89. The summed E-state index contributed by atoms with van der Waals surface area (Å²) >= 11 is 0. The Morgan fingerprint density at radius 1 is 0.782 bits per heavy atom. The summed E-state index contributed by atoms with van der Waals surface area (Å²) in [5.41, 5.74) is 17.2. The molecule has 2 aliphatic rings. The van der Waals surface area contributed by atoms with E-state index in [0.717, 1.165) is 18.2 Å². The van der Waals surface area contributed by atoms with Gasteiger partial charge >= 0.3 is 5.97 Å². The van der Waals surface area contributed by atoms with Crippen molar-refractivity contribution in [2.75, 3.05) is 27.3 Å². The Kier molecular flexibility index (Phi) is 10.3. The Morgan fingerprint density at radius 2 is 1.45 bits per heavy atom. The second kappa shape index (κ2) is 15.2. The van der Waals surface area contributed by atoms with Crippen molar-refractivity contribution in [2.45, 2.75) is 6.92 Å². The van der Waals surface area contributed by atoms with Crippen LogP contribution in [0.5, 0.6) is 0 Å². The number of amides is 2. The van der Waals surface area contributed by atoms with Gasteiger partial charge in [0.1, 0.15) is 10.5 Å². The van der Waals surface area contributed by atoms with Crippen LogP contribution in [0, 0.1) is 6.92 Å². The van der Waals surface area contributed by atoms with Crippen LogP contribution in [0.1, 0.15) is 42.2 Å². The summed E-state index contributed by atoms with van der Waals surface area (Å²) < 4.78 is 34.8. The summed E-state index contributed by atoms with van der Waals surface area (Å²) in [4.78, 5) is 64.8. The molecule has 0 saturated carbocycles. The van der Waals surface area contributed by atoms with Crippen molar-refractivity contribution in [3.8, 4) is 0 Å². The number of aliphatic carboxylic acids is 1. The zero-order valence-electron chi connectivity index (χ0n) is 28.5. The third-order valence-electron chi connectivity index (χ3n) is 8.16. The van der Waals surface area contributed by atoms with Crippen LogP contribution in [0.4, 0.5) is 28.4 Å². The molecule has 2 amide bonds. The van der Waals surface area contributed by atoms with Gasteiger partial charge in [0.2, 0.25) is 5.78 Å². The number of carboxylic acid groups (broad SMARTS) is 1. The van der Waals surface area contributed by atoms with Crippen LogP contribution in [0.3, 0.4) is 0 Å². The number of hydrogen-bond acceptors (Lipinski definition) is 12. The van der Waals surface area contributed by atoms with E-state index in [1.54, 1.807) is 49.4 Å². The van der Waals surface area contributed by atoms with Crippen molar-refractivity contribution < 1.29 is 42.0 Å². The lowest BCUT2D eigenvalue weighted by Crippen LogP contribution is -2.27. The molecule has 0 unspecified atom stereocenters. The Morgan fingerprint density at radius 3 is 2.13 bits per heavy atom. The molecule has 2 aliphatic carbocycles. The molecule has 4 aromatic carbocycles. The van der Waals surface area contributed by atoms with Crippen molar-refractivity contribution >= 4 is 85.4 Å². The highest BCUT2D eigenvalue weighted by Gasteiger charge is 2.33. The molecule has 0 fully saturated rings. The number of benzene rings is 4. The minimum absolute atomic E-state index is 0.0326. The molecule has 6 rings (SSSR count). The highest BCUT2D eigenvalue weighted by Crippen LogP contribution is 2.29. The van der Waals surface area contributed by atoms with E-state index in [-0.39, 0.29) is 28.1 Å². The number of rotatable bonds is 10. The highest BCUT2D eigenvalue weighted by atomic mass is 32.2. The zero-order chi connectivity index (χ0) is 39.4. The molecule has 0 aromatic heterocycles. The molecule has 0 atom stereocenters. The maximum atomic E-state index is 13.5. The number of fused-ring (bicyclic) bond motifs is 1. The quantitative estimate of drug-likeness (QED) is 0.0374. The Labute approximate surface area is 312 Å². The average molecular weight is 760 g/mol. The van der Waals surface area contributed by atoms with Crippen molar-refractivity contribution in [3.63, 3.8) is 0 Å². The van der Waals surface area contributed by atoms with Gasteiger partial charge < -0.3 is 27.0 Å². The van der Waals surface area contributed by atoms with Gasteiger partial charge in [0.05, 0.1) is 22.8 Å². The average Bonchev–Trinajstić information content (AvgIpc) is 3.14. The first-order valence-electron chi connectivity index (χ1n) is 16.1. The van der Waals surface area contributed by atoms with Gasteiger partial charge in [-0.05, 0) is 127 Å². The molecule has 0 heterocycles. The fourth-order valence-corrected chi connectivity index (χ4v) is 5.98. The van der Waals surface area contributed by atoms with Crippen molar-refractivity contribution in [3.05, 3.63) is 141 Å². The minimum atomic E-state index is -4.92. The molecule has 0 aliphatic heterocycles. The van der Waals surface area contributed by atoms with Crippen LogP contribution in [0.15, 0.2) is 124 Å². The fraction of sp³-hybridized carbons (Fsp3) is 0.0263. The van der Waals surface area contributed by atoms with E-state index in [2.05, 4.69) is 31.7 Å². The zero-order valence-corrected chi connectivity index (χ0v) is 29.3. The first-order valence-corrected chi connectivity index (χ1v) is 17.5. The number of nitrogens with two attached hydrogens (primary N) is 1. The summed E-state index contributed by atoms with van der Waals surface area (Å²) in [6.07, 6.45) is 4.42. The van der Waals surface area contributed by atoms with Crippen molar-refractivity contribution in [2.24, 2.45) is 10.1 Å². The maximum absolute atomic E-state index is 13.5. The van der Waals surface area contributed by atoms with Crippen LogP contribution in [-0.4, -0.2) is 58.9 Å². The van der Waals surface area contributed by atoms with Gasteiger partial charge in [0.25, 0.3) is 21.9 Å². The standard InChI is InChI=1S/C38H29N7O9S/c1-20-16-28(11-14-31(20)44-42-25-8-4-22(5-9-25)37(49)41-27-12-15-32(46)30(19-27)38(50)51)43-45-34-33(55(52,53)54)18-23-17-26(10-13-29(23)35(34)47)40-36(48)21-2-6-24(39)7-3-21/h2-19,42-44H,39H2,1H3,(H,40,48)(H,50,51)(H,52,53,54)/b41-27?,45-34+. The number of aryl methyl sites for hydroxylation is 1. The fourth-order valence-electron chi connectivity index (χ4n) is 5.32. The van der Waals surface area contributed by atoms with Gasteiger partial charge in [-0.1, -0.05) is 0 Å². The molecule has 0 spiro atoms. The van der Waals surface area contributed by atoms with Gasteiger partial charge in [0, 0.05) is 28.1 Å². The van der Waals surface area contributed by atoms with E-state index in [1.807, 2.05) is 0 Å². The summed E-state index contributed by atoms with van der Waals surface area (Å²) in [7, 11) is -4.92. The number of nitrogens with one attached hydrogen (secondary N) is 4. The number of carbonyl (C=O) groups is 5. The molecular weight excluding hydrogens is 731 g/mol. The van der Waals surface area contributed by atoms with Crippen molar-refractivity contribution in [1.29, 1.82) is 0 Å². The molecule has 0 bridgehead atoms. The lowest BCUT2D eigenvalue weighted by atomic mass is 9.94. The second-order valence-electron chi connectivity index (χ2n) is 12.0. The predicted molar refractivity (Wildman–Crippen MR) is 207 cm³/mol. The van der Waals surface area contributed by atoms with Gasteiger partial charge in [-0.3, -0.25) is 29.2 Å². The number of hydrazone groups is 1. The van der Waals surface area contributed by atoms with Crippen LogP contribution >= 0.6 is 0 Å². The number of aliphatic imine (C=N–C) groups is 1. The second-order valence-corrected chi connectivity index (χ2v) is 13.4. The number of carbonyl (C=O) groups excluding carboxylic acids is 4. The number of hydrazine groups is 1. The third-order valence-corrected chi connectivity index (χ3v) is 9.03. The summed E-state index contributed by atoms with van der Waals surface area (Å²) in [6.45, 7) is 1.77. The SMILES string of the molecule is Cc1cc(N/N=C2/C(=O)c3ccc(NC(=O)c4ccc(N)cc4)cc3C=C2S(=O)(=O)O)ccc1NNc1ccc(C(=O)N=C2C=CC(=O)C(C(=O)O)=C2)cc1. The van der Waals surface area contributed by atoms with Gasteiger partial charge in [-0.2, -0.15) is 13.5 Å². The molecule has 0 radical (unpaired) electrons. The molecular formula is C38H29N7O9S. The van der Waals surface area contributed by atoms with Crippen LogP contribution in [0.2, 0.25) is 0 Å². The third kappa shape index (κ3) is 8.60. The maximum Gasteiger partial charge on any atom is 0.339 e. The van der Waals surface area contributed by atoms with Gasteiger partial charge in [-0.15, -0.1) is 0 Å². The summed E-state index contributed by atoms with van der Waals surface area (Å²) in [5, 5.41) is 15.9. The van der Waals surface area contributed by atoms with E-state index < -0.39 is 55.7 Å². The summed E-state index contributed by atoms with van der Waals surface area (Å²) in [5.74, 6) is -3.98. The minimum Gasteiger partial charge on any atom is -0.478 e. The first kappa shape index (κ1) is 37.3. The lowest BCUT2D eigenvalue weighted by molar-refractivity contribution is -0.134. The van der Waals surface area contributed by atoms with Crippen molar-refractivity contribution in [1.82, 2.24) is 0 Å². The number of hydrogen-bond donors (Lipinski definition) is 7. The van der Waals surface area contributed by atoms with E-state index in [9.17, 15) is 36.9 Å². The van der Waals surface area contributed by atoms with Gasteiger partial charge in [-0.25, -0.2) is 9.79 Å². The number of nitrogens with zero attached hydrogens (tertiary/aromatic N) is 2. The molecule has 4 aromatic rings. The molecule has 8 N–H and O–H groups in total. The molecule has 0 saturated heterocycles. The number of allylic oxidation sites excluding steroid dienone is 4.